The average Bonchev–Trinajstić information content (AvgIpc) is 2.72. The molecule has 0 fully saturated rings. The lowest BCUT2D eigenvalue weighted by molar-refractivity contribution is 0.0584. The van der Waals surface area contributed by atoms with E-state index in [0.717, 1.165) is 17.7 Å². The Morgan fingerprint density at radius 2 is 2.11 bits per heavy atom. The molecule has 0 spiro atoms. The van der Waals surface area contributed by atoms with Crippen molar-refractivity contribution in [1.29, 1.82) is 0 Å². The first-order chi connectivity index (χ1) is 8.83. The monoisotopic (exact) mass is 262 g/mol. The van der Waals surface area contributed by atoms with E-state index in [1.807, 2.05) is 32.9 Å². The topological polar surface area (TPSA) is 55.6 Å². The third-order valence-electron chi connectivity index (χ3n) is 3.40. The van der Waals surface area contributed by atoms with E-state index in [2.05, 4.69) is 6.92 Å². The summed E-state index contributed by atoms with van der Waals surface area (Å²) in [5.41, 5.74) is 9.77. The van der Waals surface area contributed by atoms with Crippen LogP contribution >= 0.6 is 0 Å². The number of nitrogens with zero attached hydrogens (tertiary/aromatic N) is 1. The molecule has 4 heteroatoms. The molecule has 0 aromatic heterocycles. The van der Waals surface area contributed by atoms with Gasteiger partial charge in [-0.25, -0.2) is 4.79 Å². The van der Waals surface area contributed by atoms with Gasteiger partial charge in [0.05, 0.1) is 5.69 Å². The van der Waals surface area contributed by atoms with Gasteiger partial charge < -0.3 is 10.5 Å². The van der Waals surface area contributed by atoms with Crippen molar-refractivity contribution in [2.24, 2.45) is 5.73 Å². The van der Waals surface area contributed by atoms with Gasteiger partial charge in [0, 0.05) is 13.1 Å². The minimum Gasteiger partial charge on any atom is -0.443 e. The molecule has 0 saturated heterocycles. The van der Waals surface area contributed by atoms with Crippen LogP contribution in [0, 0.1) is 6.92 Å². The average molecular weight is 262 g/mol. The molecule has 0 aliphatic carbocycles. The van der Waals surface area contributed by atoms with E-state index in [0.29, 0.717) is 13.1 Å². The molecule has 0 bridgehead atoms. The van der Waals surface area contributed by atoms with Crippen LogP contribution < -0.4 is 10.6 Å². The van der Waals surface area contributed by atoms with Crippen molar-refractivity contribution in [1.82, 2.24) is 0 Å². The van der Waals surface area contributed by atoms with Crippen molar-refractivity contribution in [3.05, 3.63) is 28.8 Å². The summed E-state index contributed by atoms with van der Waals surface area (Å²) >= 11 is 0. The van der Waals surface area contributed by atoms with Crippen LogP contribution in [0.25, 0.3) is 0 Å². The number of benzene rings is 1. The normalized spacial score (nSPS) is 14.5. The second kappa shape index (κ2) is 4.85. The van der Waals surface area contributed by atoms with Crippen LogP contribution in [-0.4, -0.2) is 18.2 Å². The first-order valence-electron chi connectivity index (χ1n) is 6.65. The van der Waals surface area contributed by atoms with Crippen LogP contribution in [0.3, 0.4) is 0 Å². The van der Waals surface area contributed by atoms with E-state index >= 15 is 0 Å². The Morgan fingerprint density at radius 3 is 2.68 bits per heavy atom. The number of anilines is 1. The minimum atomic E-state index is -0.466. The zero-order valence-corrected chi connectivity index (χ0v) is 12.1. The number of nitrogens with two attached hydrogens (primary N) is 1. The lowest BCUT2D eigenvalue weighted by Crippen LogP contribution is -2.35. The summed E-state index contributed by atoms with van der Waals surface area (Å²) in [5.74, 6) is 0. The summed E-state index contributed by atoms with van der Waals surface area (Å²) < 4.78 is 5.44. The highest BCUT2D eigenvalue weighted by Crippen LogP contribution is 2.33. The standard InChI is InChI=1S/C15H22N2O2/c1-10-11(9-16)5-6-13-12(10)7-8-17(13)14(18)19-15(2,3)4/h5-6H,7-9,16H2,1-4H3. The van der Waals surface area contributed by atoms with Gasteiger partial charge in [0.1, 0.15) is 5.60 Å². The van der Waals surface area contributed by atoms with Gasteiger partial charge in [-0.2, -0.15) is 0 Å². The number of amides is 1. The predicted octanol–water partition coefficient (Wildman–Crippen LogP) is 2.75. The van der Waals surface area contributed by atoms with Crippen molar-refractivity contribution in [3.8, 4) is 0 Å². The molecule has 2 N–H and O–H groups in total. The first kappa shape index (κ1) is 13.9. The number of ether oxygens (including phenoxy) is 1. The lowest BCUT2D eigenvalue weighted by Gasteiger charge is -2.25. The quantitative estimate of drug-likeness (QED) is 0.846. The fourth-order valence-electron chi connectivity index (χ4n) is 2.43. The van der Waals surface area contributed by atoms with Crippen LogP contribution in [0.5, 0.6) is 0 Å². The van der Waals surface area contributed by atoms with Gasteiger partial charge in [0.2, 0.25) is 0 Å². The fraction of sp³-hybridized carbons (Fsp3) is 0.533. The van der Waals surface area contributed by atoms with Crippen LogP contribution in [-0.2, 0) is 17.7 Å². The van der Waals surface area contributed by atoms with Crippen molar-refractivity contribution in [2.75, 3.05) is 11.4 Å². The molecular formula is C15H22N2O2. The smallest absolute Gasteiger partial charge is 0.414 e. The molecular weight excluding hydrogens is 240 g/mol. The first-order valence-corrected chi connectivity index (χ1v) is 6.65. The maximum absolute atomic E-state index is 12.2. The molecule has 0 saturated carbocycles. The summed E-state index contributed by atoms with van der Waals surface area (Å²) in [5, 5.41) is 0. The van der Waals surface area contributed by atoms with Gasteiger partial charge in [0.25, 0.3) is 0 Å². The Morgan fingerprint density at radius 1 is 1.42 bits per heavy atom. The van der Waals surface area contributed by atoms with E-state index in [1.54, 1.807) is 4.90 Å². The van der Waals surface area contributed by atoms with Gasteiger partial charge in [-0.3, -0.25) is 4.90 Å². The fourth-order valence-corrected chi connectivity index (χ4v) is 2.43. The molecule has 1 aliphatic rings. The molecule has 0 atom stereocenters. The number of fused-ring (bicyclic) bond motifs is 1. The Balaban J connectivity index is 2.28. The summed E-state index contributed by atoms with van der Waals surface area (Å²) in [6.07, 6.45) is 0.597. The van der Waals surface area contributed by atoms with Crippen molar-refractivity contribution < 1.29 is 9.53 Å². The molecule has 19 heavy (non-hydrogen) atoms. The number of hydrogen-bond acceptors (Lipinski definition) is 3. The predicted molar refractivity (Wildman–Crippen MR) is 76.4 cm³/mol. The molecule has 1 amide bonds. The Hall–Kier alpha value is -1.55. The molecule has 1 aromatic rings. The molecule has 4 nitrogen and oxygen atoms in total. The summed E-state index contributed by atoms with van der Waals surface area (Å²) in [4.78, 5) is 13.9. The van der Waals surface area contributed by atoms with E-state index < -0.39 is 5.60 Å². The van der Waals surface area contributed by atoms with Gasteiger partial charge in [-0.15, -0.1) is 0 Å². The van der Waals surface area contributed by atoms with Gasteiger partial charge in [-0.05, 0) is 56.9 Å². The highest BCUT2D eigenvalue weighted by atomic mass is 16.6. The number of carbonyl (C=O) groups excluding carboxylic acids is 1. The van der Waals surface area contributed by atoms with Crippen LogP contribution in [0.15, 0.2) is 12.1 Å². The minimum absolute atomic E-state index is 0.272. The molecule has 104 valence electrons. The molecule has 2 rings (SSSR count). The van der Waals surface area contributed by atoms with E-state index in [9.17, 15) is 4.79 Å². The lowest BCUT2D eigenvalue weighted by atomic mass is 10.0. The molecule has 1 heterocycles. The summed E-state index contributed by atoms with van der Waals surface area (Å²) in [6, 6.07) is 3.97. The number of carbonyl (C=O) groups is 1. The van der Waals surface area contributed by atoms with E-state index in [-0.39, 0.29) is 6.09 Å². The molecule has 1 aliphatic heterocycles. The van der Waals surface area contributed by atoms with Gasteiger partial charge in [-0.1, -0.05) is 6.07 Å². The van der Waals surface area contributed by atoms with Gasteiger partial charge in [0.15, 0.2) is 0 Å². The Bertz CT molecular complexity index is 504. The van der Waals surface area contributed by atoms with Crippen LogP contribution in [0.4, 0.5) is 10.5 Å². The van der Waals surface area contributed by atoms with Crippen molar-refractivity contribution >= 4 is 11.8 Å². The summed E-state index contributed by atoms with van der Waals surface area (Å²) in [7, 11) is 0. The zero-order valence-electron chi connectivity index (χ0n) is 12.1. The van der Waals surface area contributed by atoms with Crippen molar-refractivity contribution in [2.45, 2.75) is 46.3 Å². The Labute approximate surface area is 114 Å². The zero-order chi connectivity index (χ0) is 14.2. The maximum Gasteiger partial charge on any atom is 0.414 e. The second-order valence-corrected chi connectivity index (χ2v) is 5.93. The van der Waals surface area contributed by atoms with Crippen molar-refractivity contribution in [3.63, 3.8) is 0 Å². The largest absolute Gasteiger partial charge is 0.443 e. The van der Waals surface area contributed by atoms with Crippen LogP contribution in [0.2, 0.25) is 0 Å². The molecule has 0 radical (unpaired) electrons. The second-order valence-electron chi connectivity index (χ2n) is 5.93. The third-order valence-corrected chi connectivity index (χ3v) is 3.40. The molecule has 1 aromatic carbocycles. The Kier molecular flexibility index (Phi) is 3.54. The number of hydrogen-bond donors (Lipinski definition) is 1. The highest BCUT2D eigenvalue weighted by molar-refractivity contribution is 5.91. The summed E-state index contributed by atoms with van der Waals surface area (Å²) in [6.45, 7) is 8.92. The number of rotatable bonds is 1. The van der Waals surface area contributed by atoms with E-state index in [4.69, 9.17) is 10.5 Å². The third kappa shape index (κ3) is 2.73. The highest BCUT2D eigenvalue weighted by Gasteiger charge is 2.30. The van der Waals surface area contributed by atoms with Gasteiger partial charge >= 0.3 is 6.09 Å². The SMILES string of the molecule is Cc1c(CN)ccc2c1CCN2C(=O)OC(C)(C)C. The van der Waals surface area contributed by atoms with Crippen LogP contribution in [0.1, 0.15) is 37.5 Å². The van der Waals surface area contributed by atoms with E-state index in [1.165, 1.54) is 11.1 Å². The molecule has 0 unspecified atom stereocenters. The maximum atomic E-state index is 12.2.